The lowest BCUT2D eigenvalue weighted by atomic mass is 9.81. The van der Waals surface area contributed by atoms with Gasteiger partial charge in [-0.25, -0.2) is 0 Å². The first-order valence-corrected chi connectivity index (χ1v) is 6.67. The van der Waals surface area contributed by atoms with Crippen molar-refractivity contribution in [1.29, 1.82) is 0 Å². The van der Waals surface area contributed by atoms with Gasteiger partial charge in [-0.3, -0.25) is 5.10 Å². The highest BCUT2D eigenvalue weighted by molar-refractivity contribution is 5.88. The van der Waals surface area contributed by atoms with E-state index in [-0.39, 0.29) is 11.0 Å². The van der Waals surface area contributed by atoms with E-state index in [1.807, 2.05) is 12.1 Å². The number of benzene rings is 1. The van der Waals surface area contributed by atoms with Crippen LogP contribution in [0.15, 0.2) is 18.3 Å². The van der Waals surface area contributed by atoms with Gasteiger partial charge in [0.15, 0.2) is 0 Å². The van der Waals surface area contributed by atoms with E-state index in [1.54, 1.807) is 6.20 Å². The number of H-pyrrole nitrogens is 1. The summed E-state index contributed by atoms with van der Waals surface area (Å²) in [5.41, 5.74) is 9.09. The molecule has 104 valence electrons. The minimum absolute atomic E-state index is 0.0138. The van der Waals surface area contributed by atoms with Crippen LogP contribution in [0.25, 0.3) is 10.9 Å². The van der Waals surface area contributed by atoms with E-state index in [1.165, 1.54) is 0 Å². The predicted molar refractivity (Wildman–Crippen MR) is 82.3 cm³/mol. The summed E-state index contributed by atoms with van der Waals surface area (Å²) in [4.78, 5) is 0. The second-order valence-corrected chi connectivity index (χ2v) is 7.14. The zero-order valence-corrected chi connectivity index (χ0v) is 12.5. The van der Waals surface area contributed by atoms with Crippen molar-refractivity contribution >= 4 is 22.3 Å². The van der Waals surface area contributed by atoms with Crippen molar-refractivity contribution < 1.29 is 0 Å². The van der Waals surface area contributed by atoms with Gasteiger partial charge >= 0.3 is 0 Å². The largest absolute Gasteiger partial charge is 0.397 e. The minimum Gasteiger partial charge on any atom is -0.397 e. The molecule has 2 aromatic rings. The third kappa shape index (κ3) is 3.40. The molecule has 0 unspecified atom stereocenters. The van der Waals surface area contributed by atoms with Crippen LogP contribution in [0, 0.1) is 5.41 Å². The maximum absolute atomic E-state index is 6.11. The van der Waals surface area contributed by atoms with Crippen LogP contribution < -0.4 is 11.1 Å². The molecular formula is C15H24N4. The van der Waals surface area contributed by atoms with Crippen LogP contribution in [-0.2, 0) is 0 Å². The molecule has 0 fully saturated rings. The van der Waals surface area contributed by atoms with Crippen LogP contribution in [0.3, 0.4) is 0 Å². The van der Waals surface area contributed by atoms with Crippen molar-refractivity contribution in [2.45, 2.75) is 46.6 Å². The molecule has 1 aromatic heterocycles. The Kier molecular flexibility index (Phi) is 3.20. The molecule has 0 aliphatic rings. The first-order valence-electron chi connectivity index (χ1n) is 6.67. The van der Waals surface area contributed by atoms with Gasteiger partial charge in [-0.15, -0.1) is 0 Å². The molecule has 0 amide bonds. The lowest BCUT2D eigenvalue weighted by molar-refractivity contribution is 0.302. The van der Waals surface area contributed by atoms with Gasteiger partial charge in [0, 0.05) is 10.9 Å². The molecule has 1 heterocycles. The number of anilines is 2. The van der Waals surface area contributed by atoms with Crippen molar-refractivity contribution in [2.24, 2.45) is 5.41 Å². The molecule has 1 aromatic carbocycles. The molecule has 0 saturated carbocycles. The monoisotopic (exact) mass is 260 g/mol. The molecule has 0 bridgehead atoms. The number of rotatable bonds is 3. The number of aromatic nitrogens is 2. The average molecular weight is 260 g/mol. The third-order valence-electron chi connectivity index (χ3n) is 3.06. The highest BCUT2D eigenvalue weighted by Gasteiger charge is 2.25. The molecule has 4 nitrogen and oxygen atoms in total. The van der Waals surface area contributed by atoms with Crippen LogP contribution >= 0.6 is 0 Å². The first kappa shape index (κ1) is 13.7. The Balaban J connectivity index is 2.27. The molecular weight excluding hydrogens is 236 g/mol. The van der Waals surface area contributed by atoms with Crippen LogP contribution in [0.2, 0.25) is 0 Å². The Bertz CT molecular complexity index is 575. The number of nitrogens with two attached hydrogens (primary N) is 1. The molecule has 4 N–H and O–H groups in total. The molecule has 4 heteroatoms. The van der Waals surface area contributed by atoms with Gasteiger partial charge in [0.25, 0.3) is 0 Å². The van der Waals surface area contributed by atoms with E-state index >= 15 is 0 Å². The maximum Gasteiger partial charge on any atom is 0.0672 e. The summed E-state index contributed by atoms with van der Waals surface area (Å²) < 4.78 is 0. The van der Waals surface area contributed by atoms with Crippen LogP contribution in [0.1, 0.15) is 41.0 Å². The fourth-order valence-corrected chi connectivity index (χ4v) is 2.85. The normalized spacial score (nSPS) is 12.9. The summed E-state index contributed by atoms with van der Waals surface area (Å²) in [7, 11) is 0. The van der Waals surface area contributed by atoms with Crippen molar-refractivity contribution in [3.63, 3.8) is 0 Å². The fourth-order valence-electron chi connectivity index (χ4n) is 2.85. The molecule has 0 saturated heterocycles. The average Bonchev–Trinajstić information content (AvgIpc) is 2.60. The van der Waals surface area contributed by atoms with Gasteiger partial charge in [-0.1, -0.05) is 20.8 Å². The lowest BCUT2D eigenvalue weighted by Crippen LogP contribution is -2.35. The SMILES string of the molecule is CC(C)(C)CC(C)(C)Nc1cc2[nH]ncc2cc1N. The number of nitrogens with zero attached hydrogens (tertiary/aromatic N) is 1. The Morgan fingerprint density at radius 3 is 2.53 bits per heavy atom. The van der Waals surface area contributed by atoms with E-state index in [2.05, 4.69) is 50.1 Å². The standard InChI is InChI=1S/C15H24N4/c1-14(2,3)9-15(4,5)18-13-7-12-10(6-11(13)16)8-17-19-12/h6-8,18H,9,16H2,1-5H3,(H,17,19). The van der Waals surface area contributed by atoms with Gasteiger partial charge in [-0.2, -0.15) is 5.10 Å². The number of nitrogen functional groups attached to an aromatic ring is 1. The molecule has 2 rings (SSSR count). The van der Waals surface area contributed by atoms with E-state index in [9.17, 15) is 0 Å². The summed E-state index contributed by atoms with van der Waals surface area (Å²) in [5, 5.41) is 11.6. The van der Waals surface area contributed by atoms with E-state index in [0.29, 0.717) is 0 Å². The maximum atomic E-state index is 6.11. The number of hydrogen-bond acceptors (Lipinski definition) is 3. The Morgan fingerprint density at radius 1 is 1.21 bits per heavy atom. The number of aromatic amines is 1. The van der Waals surface area contributed by atoms with Crippen LogP contribution in [0.4, 0.5) is 11.4 Å². The summed E-state index contributed by atoms with van der Waals surface area (Å²) >= 11 is 0. The second-order valence-electron chi connectivity index (χ2n) is 7.14. The van der Waals surface area contributed by atoms with Gasteiger partial charge in [0.2, 0.25) is 0 Å². The number of nitrogens with one attached hydrogen (secondary N) is 2. The van der Waals surface area contributed by atoms with Crippen LogP contribution in [0.5, 0.6) is 0 Å². The van der Waals surface area contributed by atoms with Crippen molar-refractivity contribution in [1.82, 2.24) is 10.2 Å². The fraction of sp³-hybridized carbons (Fsp3) is 0.533. The van der Waals surface area contributed by atoms with Crippen molar-refractivity contribution in [3.05, 3.63) is 18.3 Å². The van der Waals surface area contributed by atoms with E-state index in [4.69, 9.17) is 5.73 Å². The van der Waals surface area contributed by atoms with Gasteiger partial charge in [0.1, 0.15) is 0 Å². The first-order chi connectivity index (χ1) is 8.66. The molecule has 0 aliphatic heterocycles. The van der Waals surface area contributed by atoms with Gasteiger partial charge in [-0.05, 0) is 37.8 Å². The highest BCUT2D eigenvalue weighted by Crippen LogP contribution is 2.32. The topological polar surface area (TPSA) is 66.7 Å². The Labute approximate surface area is 114 Å². The van der Waals surface area contributed by atoms with Crippen molar-refractivity contribution in [3.8, 4) is 0 Å². The minimum atomic E-state index is -0.0138. The molecule has 0 aliphatic carbocycles. The third-order valence-corrected chi connectivity index (χ3v) is 3.06. The Hall–Kier alpha value is -1.71. The Morgan fingerprint density at radius 2 is 1.89 bits per heavy atom. The zero-order valence-electron chi connectivity index (χ0n) is 12.5. The second kappa shape index (κ2) is 4.44. The van der Waals surface area contributed by atoms with Crippen molar-refractivity contribution in [2.75, 3.05) is 11.1 Å². The van der Waals surface area contributed by atoms with Gasteiger partial charge < -0.3 is 11.1 Å². The summed E-state index contributed by atoms with van der Waals surface area (Å²) in [5.74, 6) is 0. The summed E-state index contributed by atoms with van der Waals surface area (Å²) in [6.45, 7) is 11.2. The number of fused-ring (bicyclic) bond motifs is 1. The lowest BCUT2D eigenvalue weighted by Gasteiger charge is -2.34. The van der Waals surface area contributed by atoms with Crippen LogP contribution in [-0.4, -0.2) is 15.7 Å². The molecule has 19 heavy (non-hydrogen) atoms. The van der Waals surface area contributed by atoms with Gasteiger partial charge in [0.05, 0.1) is 23.1 Å². The quantitative estimate of drug-likeness (QED) is 0.736. The van der Waals surface area contributed by atoms with E-state index < -0.39 is 0 Å². The molecule has 0 radical (unpaired) electrons. The predicted octanol–water partition coefficient (Wildman–Crippen LogP) is 3.77. The summed E-state index contributed by atoms with van der Waals surface area (Å²) in [6, 6.07) is 3.98. The highest BCUT2D eigenvalue weighted by atomic mass is 15.1. The summed E-state index contributed by atoms with van der Waals surface area (Å²) in [6.07, 6.45) is 2.84. The smallest absolute Gasteiger partial charge is 0.0672 e. The molecule has 0 atom stereocenters. The number of hydrogen-bond donors (Lipinski definition) is 3. The zero-order chi connectivity index (χ0) is 14.3. The van der Waals surface area contributed by atoms with E-state index in [0.717, 1.165) is 28.7 Å². The molecule has 0 spiro atoms.